The van der Waals surface area contributed by atoms with Crippen molar-refractivity contribution in [3.8, 4) is 10.6 Å². The van der Waals surface area contributed by atoms with Crippen molar-refractivity contribution in [2.75, 3.05) is 11.9 Å². The van der Waals surface area contributed by atoms with Crippen molar-refractivity contribution in [2.24, 2.45) is 0 Å². The number of carbonyl (C=O) groups excluding carboxylic acids is 1. The molecule has 0 aliphatic heterocycles. The number of halogens is 2. The summed E-state index contributed by atoms with van der Waals surface area (Å²) in [6.07, 6.45) is 5.25. The van der Waals surface area contributed by atoms with Crippen LogP contribution >= 0.6 is 11.3 Å². The van der Waals surface area contributed by atoms with Gasteiger partial charge in [-0.05, 0) is 42.0 Å². The van der Waals surface area contributed by atoms with Crippen LogP contribution < -0.4 is 15.8 Å². The Labute approximate surface area is 223 Å². The Balaban J connectivity index is 1.31. The Bertz CT molecular complexity index is 1780. The lowest BCUT2D eigenvalue weighted by molar-refractivity contribution is 0.0949. The summed E-state index contributed by atoms with van der Waals surface area (Å²) in [6, 6.07) is 9.88. The largest absolute Gasteiger partial charge is 0.465 e. The first kappa shape index (κ1) is 25.7. The number of hydrogen-bond acceptors (Lipinski definition) is 6. The average molecular weight is 551 g/mol. The van der Waals surface area contributed by atoms with Crippen LogP contribution in [0.4, 0.5) is 19.4 Å². The molecule has 0 bridgehead atoms. The van der Waals surface area contributed by atoms with Crippen LogP contribution in [0, 0.1) is 11.6 Å². The van der Waals surface area contributed by atoms with E-state index in [2.05, 4.69) is 15.3 Å². The maximum atomic E-state index is 13.5. The Hall–Kier alpha value is -4.91. The fraction of sp³-hybridized carbons (Fsp3) is 0.115. The molecule has 0 spiro atoms. The summed E-state index contributed by atoms with van der Waals surface area (Å²) < 4.78 is 29.7. The molecule has 4 aromatic heterocycles. The second kappa shape index (κ2) is 10.5. The van der Waals surface area contributed by atoms with E-state index in [9.17, 15) is 28.3 Å². The SMILES string of the molecule is CN(C(=O)O)c1nc(-c2ccc(CNC(=O)c3cccn(Cc4ccc(F)c(F)c4)c3=O)s2)cn2ccnc12. The molecule has 10 nitrogen and oxygen atoms in total. The van der Waals surface area contributed by atoms with Crippen LogP contribution in [0.3, 0.4) is 0 Å². The molecular weight excluding hydrogens is 530 g/mol. The van der Waals surface area contributed by atoms with E-state index in [1.807, 2.05) is 0 Å². The Morgan fingerprint density at radius 1 is 1.13 bits per heavy atom. The third-order valence-corrected chi connectivity index (χ3v) is 7.01. The number of thiophene rings is 1. The van der Waals surface area contributed by atoms with Gasteiger partial charge in [0, 0.05) is 36.7 Å². The third-order valence-electron chi connectivity index (χ3n) is 5.90. The van der Waals surface area contributed by atoms with E-state index in [1.54, 1.807) is 35.1 Å². The van der Waals surface area contributed by atoms with Crippen LogP contribution in [0.2, 0.25) is 0 Å². The van der Waals surface area contributed by atoms with Gasteiger partial charge in [0.15, 0.2) is 23.1 Å². The number of fused-ring (bicyclic) bond motifs is 1. The maximum absolute atomic E-state index is 13.5. The van der Waals surface area contributed by atoms with Crippen molar-refractivity contribution in [1.29, 1.82) is 0 Å². The van der Waals surface area contributed by atoms with Gasteiger partial charge in [0.2, 0.25) is 0 Å². The van der Waals surface area contributed by atoms with E-state index in [0.717, 1.165) is 26.8 Å². The summed E-state index contributed by atoms with van der Waals surface area (Å²) in [5, 5.41) is 12.1. The molecule has 4 heterocycles. The number of nitrogens with one attached hydrogen (secondary N) is 1. The summed E-state index contributed by atoms with van der Waals surface area (Å²) in [5.74, 6) is -2.41. The van der Waals surface area contributed by atoms with E-state index in [1.165, 1.54) is 47.3 Å². The molecule has 198 valence electrons. The highest BCUT2D eigenvalue weighted by Crippen LogP contribution is 2.29. The zero-order valence-corrected chi connectivity index (χ0v) is 21.2. The van der Waals surface area contributed by atoms with Crippen molar-refractivity contribution in [2.45, 2.75) is 13.1 Å². The minimum absolute atomic E-state index is 0.0290. The van der Waals surface area contributed by atoms with Crippen LogP contribution in [0.25, 0.3) is 16.2 Å². The normalized spacial score (nSPS) is 11.1. The fourth-order valence-corrected chi connectivity index (χ4v) is 4.79. The summed E-state index contributed by atoms with van der Waals surface area (Å²) in [5.41, 5.74) is 0.630. The molecule has 13 heteroatoms. The molecule has 0 fully saturated rings. The highest BCUT2D eigenvalue weighted by Gasteiger charge is 2.18. The van der Waals surface area contributed by atoms with Crippen molar-refractivity contribution in [3.05, 3.63) is 105 Å². The number of imidazole rings is 1. The Kier molecular flexibility index (Phi) is 6.90. The molecule has 0 aliphatic rings. The topological polar surface area (TPSA) is 122 Å². The lowest BCUT2D eigenvalue weighted by Crippen LogP contribution is -2.32. The van der Waals surface area contributed by atoms with Gasteiger partial charge in [0.25, 0.3) is 11.5 Å². The quantitative estimate of drug-likeness (QED) is 0.316. The molecule has 2 N–H and O–H groups in total. The summed E-state index contributed by atoms with van der Waals surface area (Å²) in [4.78, 5) is 48.3. The average Bonchev–Trinajstić information content (AvgIpc) is 3.59. The van der Waals surface area contributed by atoms with E-state index in [4.69, 9.17) is 0 Å². The number of anilines is 1. The third kappa shape index (κ3) is 5.25. The van der Waals surface area contributed by atoms with Crippen LogP contribution in [-0.2, 0) is 13.1 Å². The van der Waals surface area contributed by atoms with Crippen LogP contribution in [0.5, 0.6) is 0 Å². The van der Waals surface area contributed by atoms with Gasteiger partial charge in [-0.15, -0.1) is 11.3 Å². The van der Waals surface area contributed by atoms with Crippen molar-refractivity contribution < 1.29 is 23.5 Å². The standard InChI is InChI=1S/C26H20F2N6O4S/c1-32(26(37)38)23-22-29-8-10-33(22)14-20(31-23)21-7-5-16(39-21)12-30-24(35)17-3-2-9-34(25(17)36)13-15-4-6-18(27)19(28)11-15/h2-11,14H,12-13H2,1H3,(H,30,35)(H,37,38). The van der Waals surface area contributed by atoms with E-state index >= 15 is 0 Å². The van der Waals surface area contributed by atoms with Crippen molar-refractivity contribution >= 4 is 34.8 Å². The molecule has 1 aromatic carbocycles. The predicted molar refractivity (Wildman–Crippen MR) is 140 cm³/mol. The summed E-state index contributed by atoms with van der Waals surface area (Å²) in [7, 11) is 1.38. The minimum Gasteiger partial charge on any atom is -0.465 e. The molecule has 0 saturated heterocycles. The number of benzene rings is 1. The van der Waals surface area contributed by atoms with Gasteiger partial charge in [-0.1, -0.05) is 6.07 Å². The molecule has 39 heavy (non-hydrogen) atoms. The molecule has 5 aromatic rings. The van der Waals surface area contributed by atoms with Crippen molar-refractivity contribution in [3.63, 3.8) is 0 Å². The lowest BCUT2D eigenvalue weighted by atomic mass is 10.2. The first-order chi connectivity index (χ1) is 18.7. The second-order valence-electron chi connectivity index (χ2n) is 8.50. The molecule has 0 saturated carbocycles. The number of hydrogen-bond donors (Lipinski definition) is 2. The molecular formula is C26H20F2N6O4S. The minimum atomic E-state index is -1.18. The van der Waals surface area contributed by atoms with Crippen LogP contribution in [-0.4, -0.2) is 43.1 Å². The van der Waals surface area contributed by atoms with Gasteiger partial charge < -0.3 is 19.4 Å². The maximum Gasteiger partial charge on any atom is 0.412 e. The smallest absolute Gasteiger partial charge is 0.412 e. The number of pyridine rings is 1. The van der Waals surface area contributed by atoms with Crippen molar-refractivity contribution in [1.82, 2.24) is 24.3 Å². The first-order valence-corrected chi connectivity index (χ1v) is 12.3. The molecule has 2 amide bonds. The van der Waals surface area contributed by atoms with Gasteiger partial charge in [0.05, 0.1) is 23.7 Å². The number of amides is 2. The molecule has 0 radical (unpaired) electrons. The number of carboxylic acid groups (broad SMARTS) is 1. The monoisotopic (exact) mass is 550 g/mol. The van der Waals surface area contributed by atoms with Crippen LogP contribution in [0.1, 0.15) is 20.8 Å². The predicted octanol–water partition coefficient (Wildman–Crippen LogP) is 3.99. The number of nitrogens with zero attached hydrogens (tertiary/aromatic N) is 5. The number of aromatic nitrogens is 4. The van der Waals surface area contributed by atoms with Gasteiger partial charge in [-0.3, -0.25) is 14.5 Å². The highest BCUT2D eigenvalue weighted by atomic mass is 32.1. The Morgan fingerprint density at radius 3 is 2.72 bits per heavy atom. The van der Waals surface area contributed by atoms with Gasteiger partial charge in [0.1, 0.15) is 5.56 Å². The van der Waals surface area contributed by atoms with E-state index in [0.29, 0.717) is 16.9 Å². The zero-order valence-electron chi connectivity index (χ0n) is 20.3. The second-order valence-corrected chi connectivity index (χ2v) is 9.67. The highest BCUT2D eigenvalue weighted by molar-refractivity contribution is 7.15. The molecule has 0 aliphatic carbocycles. The fourth-order valence-electron chi connectivity index (χ4n) is 3.89. The Morgan fingerprint density at radius 2 is 1.95 bits per heavy atom. The number of rotatable bonds is 7. The van der Waals surface area contributed by atoms with Gasteiger partial charge in [-0.25, -0.2) is 23.5 Å². The van der Waals surface area contributed by atoms with Gasteiger partial charge >= 0.3 is 6.09 Å². The summed E-state index contributed by atoms with van der Waals surface area (Å²) >= 11 is 1.35. The van der Waals surface area contributed by atoms with E-state index < -0.39 is 29.2 Å². The molecule has 0 unspecified atom stereocenters. The zero-order chi connectivity index (χ0) is 27.7. The lowest BCUT2D eigenvalue weighted by Gasteiger charge is -2.14. The first-order valence-electron chi connectivity index (χ1n) is 11.5. The van der Waals surface area contributed by atoms with E-state index in [-0.39, 0.29) is 24.5 Å². The molecule has 0 atom stereocenters. The van der Waals surface area contributed by atoms with Gasteiger partial charge in [-0.2, -0.15) is 0 Å². The summed E-state index contributed by atoms with van der Waals surface area (Å²) in [6.45, 7) is 0.106. The molecule has 5 rings (SSSR count). The van der Waals surface area contributed by atoms with Crippen LogP contribution in [0.15, 0.2) is 72.0 Å². The number of carbonyl (C=O) groups is 2.